The number of hydrogen-bond acceptors (Lipinski definition) is 3. The van der Waals surface area contributed by atoms with E-state index in [1.807, 2.05) is 21.0 Å². The molecule has 0 aliphatic rings. The lowest BCUT2D eigenvalue weighted by Gasteiger charge is -2.07. The molecule has 0 radical (unpaired) electrons. The number of hydrogen-bond donors (Lipinski definition) is 0. The van der Waals surface area contributed by atoms with Gasteiger partial charge in [-0.25, -0.2) is 0 Å². The van der Waals surface area contributed by atoms with Crippen LogP contribution in [0.25, 0.3) is 0 Å². The molecule has 0 rings (SSSR count). The molecule has 0 unspecified atom stereocenters. The van der Waals surface area contributed by atoms with Gasteiger partial charge in [-0.15, -0.1) is 12.4 Å². The summed E-state index contributed by atoms with van der Waals surface area (Å²) in [5.41, 5.74) is 0.862. The van der Waals surface area contributed by atoms with Gasteiger partial charge in [0.25, 0.3) is 0 Å². The Labute approximate surface area is 81.0 Å². The van der Waals surface area contributed by atoms with Crippen molar-refractivity contribution in [3.8, 4) is 0 Å². The Morgan fingerprint density at radius 2 is 2.00 bits per heavy atom. The largest absolute Gasteiger partial charge is 0.309 e. The van der Waals surface area contributed by atoms with Gasteiger partial charge in [0.2, 0.25) is 0 Å². The highest BCUT2D eigenvalue weighted by atomic mass is 35.5. The SMILES string of the molecule is C=C(CCN(C)C)N=NCC.Cl. The lowest BCUT2D eigenvalue weighted by molar-refractivity contribution is 0.412. The monoisotopic (exact) mass is 191 g/mol. The molecule has 0 aromatic heterocycles. The molecule has 72 valence electrons. The van der Waals surface area contributed by atoms with Crippen LogP contribution in [0.5, 0.6) is 0 Å². The first-order valence-corrected chi connectivity index (χ1v) is 3.86. The van der Waals surface area contributed by atoms with Crippen molar-refractivity contribution >= 4 is 12.4 Å². The number of azo groups is 1. The van der Waals surface area contributed by atoms with Crippen LogP contribution in [0, 0.1) is 0 Å². The Bertz CT molecular complexity index is 143. The third kappa shape index (κ3) is 9.59. The van der Waals surface area contributed by atoms with Crippen LogP contribution in [0.3, 0.4) is 0 Å². The van der Waals surface area contributed by atoms with Gasteiger partial charge in [0.1, 0.15) is 0 Å². The van der Waals surface area contributed by atoms with Crippen molar-refractivity contribution in [2.45, 2.75) is 13.3 Å². The Morgan fingerprint density at radius 1 is 1.42 bits per heavy atom. The van der Waals surface area contributed by atoms with Crippen LogP contribution >= 0.6 is 12.4 Å². The summed E-state index contributed by atoms with van der Waals surface area (Å²) in [4.78, 5) is 2.10. The van der Waals surface area contributed by atoms with Gasteiger partial charge in [-0.1, -0.05) is 6.58 Å². The van der Waals surface area contributed by atoms with Crippen LogP contribution in [0.2, 0.25) is 0 Å². The molecule has 4 heteroatoms. The van der Waals surface area contributed by atoms with Gasteiger partial charge in [0.05, 0.1) is 12.2 Å². The lowest BCUT2D eigenvalue weighted by Crippen LogP contribution is -2.12. The normalized spacial score (nSPS) is 10.3. The molecule has 0 spiro atoms. The first kappa shape index (κ1) is 14.1. The fraction of sp³-hybridized carbons (Fsp3) is 0.750. The molecule has 0 heterocycles. The van der Waals surface area contributed by atoms with Crippen molar-refractivity contribution in [3.05, 3.63) is 12.3 Å². The van der Waals surface area contributed by atoms with Gasteiger partial charge >= 0.3 is 0 Å². The van der Waals surface area contributed by atoms with Crippen molar-refractivity contribution < 1.29 is 0 Å². The van der Waals surface area contributed by atoms with Crippen LogP contribution in [-0.2, 0) is 0 Å². The van der Waals surface area contributed by atoms with E-state index < -0.39 is 0 Å². The van der Waals surface area contributed by atoms with Gasteiger partial charge in [-0.3, -0.25) is 0 Å². The zero-order chi connectivity index (χ0) is 8.69. The molecule has 0 N–H and O–H groups in total. The summed E-state index contributed by atoms with van der Waals surface area (Å²) in [6.07, 6.45) is 0.899. The fourth-order valence-electron chi connectivity index (χ4n) is 0.573. The maximum atomic E-state index is 3.92. The number of halogens is 1. The maximum Gasteiger partial charge on any atom is 0.0575 e. The van der Waals surface area contributed by atoms with E-state index in [2.05, 4.69) is 21.7 Å². The highest BCUT2D eigenvalue weighted by Crippen LogP contribution is 2.00. The molecule has 3 nitrogen and oxygen atoms in total. The minimum absolute atomic E-state index is 0. The molecule has 0 aliphatic carbocycles. The van der Waals surface area contributed by atoms with Gasteiger partial charge in [-0.05, 0) is 21.0 Å². The summed E-state index contributed by atoms with van der Waals surface area (Å²) in [6.45, 7) is 7.46. The third-order valence-electron chi connectivity index (χ3n) is 1.20. The summed E-state index contributed by atoms with van der Waals surface area (Å²) in [7, 11) is 4.06. The van der Waals surface area contributed by atoms with Gasteiger partial charge in [0, 0.05) is 13.0 Å². The molecule has 0 aromatic rings. The zero-order valence-electron chi connectivity index (χ0n) is 8.08. The Balaban J connectivity index is 0. The summed E-state index contributed by atoms with van der Waals surface area (Å²) < 4.78 is 0. The summed E-state index contributed by atoms with van der Waals surface area (Å²) >= 11 is 0. The van der Waals surface area contributed by atoms with Crippen molar-refractivity contribution in [1.29, 1.82) is 0 Å². The van der Waals surface area contributed by atoms with E-state index in [1.54, 1.807) is 0 Å². The Morgan fingerprint density at radius 3 is 2.42 bits per heavy atom. The average molecular weight is 192 g/mol. The molecule has 0 aromatic carbocycles. The topological polar surface area (TPSA) is 28.0 Å². The molecule has 12 heavy (non-hydrogen) atoms. The van der Waals surface area contributed by atoms with Gasteiger partial charge in [0.15, 0.2) is 0 Å². The molecule has 0 fully saturated rings. The number of rotatable bonds is 5. The van der Waals surface area contributed by atoms with E-state index in [0.29, 0.717) is 0 Å². The highest BCUT2D eigenvalue weighted by molar-refractivity contribution is 5.85. The first-order chi connectivity index (χ1) is 5.16. The predicted molar refractivity (Wildman–Crippen MR) is 55.0 cm³/mol. The minimum atomic E-state index is 0. The van der Waals surface area contributed by atoms with E-state index in [1.165, 1.54) is 0 Å². The molecular weight excluding hydrogens is 174 g/mol. The first-order valence-electron chi connectivity index (χ1n) is 3.86. The van der Waals surface area contributed by atoms with Crippen molar-refractivity contribution in [2.75, 3.05) is 27.2 Å². The van der Waals surface area contributed by atoms with E-state index in [0.717, 1.165) is 25.2 Å². The van der Waals surface area contributed by atoms with E-state index in [4.69, 9.17) is 0 Å². The van der Waals surface area contributed by atoms with Crippen LogP contribution in [0.4, 0.5) is 0 Å². The van der Waals surface area contributed by atoms with Crippen molar-refractivity contribution in [1.82, 2.24) is 4.90 Å². The molecule has 0 bridgehead atoms. The smallest absolute Gasteiger partial charge is 0.0575 e. The van der Waals surface area contributed by atoms with Crippen LogP contribution in [0.1, 0.15) is 13.3 Å². The van der Waals surface area contributed by atoms with Crippen LogP contribution in [0.15, 0.2) is 22.5 Å². The zero-order valence-corrected chi connectivity index (χ0v) is 8.89. The van der Waals surface area contributed by atoms with E-state index in [9.17, 15) is 0 Å². The summed E-state index contributed by atoms with van der Waals surface area (Å²) in [5, 5.41) is 7.78. The van der Waals surface area contributed by atoms with Crippen LogP contribution < -0.4 is 0 Å². The standard InChI is InChI=1S/C8H17N3.ClH/c1-5-9-10-8(2)6-7-11(3)4;/h2,5-7H2,1,3-4H3;1H. The average Bonchev–Trinajstić information content (AvgIpc) is 1.97. The maximum absolute atomic E-state index is 3.92. The van der Waals surface area contributed by atoms with Crippen molar-refractivity contribution in [2.24, 2.45) is 10.2 Å². The molecule has 0 saturated heterocycles. The van der Waals surface area contributed by atoms with E-state index >= 15 is 0 Å². The fourth-order valence-corrected chi connectivity index (χ4v) is 0.573. The third-order valence-corrected chi connectivity index (χ3v) is 1.20. The highest BCUT2D eigenvalue weighted by Gasteiger charge is 1.92. The van der Waals surface area contributed by atoms with Crippen molar-refractivity contribution in [3.63, 3.8) is 0 Å². The van der Waals surface area contributed by atoms with E-state index in [-0.39, 0.29) is 12.4 Å². The quantitative estimate of drug-likeness (QED) is 0.614. The Hall–Kier alpha value is -0.410. The summed E-state index contributed by atoms with van der Waals surface area (Å²) in [5.74, 6) is 0. The van der Waals surface area contributed by atoms with Gasteiger partial charge in [-0.2, -0.15) is 10.2 Å². The predicted octanol–water partition coefficient (Wildman–Crippen LogP) is 2.35. The molecule has 0 aliphatic heterocycles. The number of nitrogens with zero attached hydrogens (tertiary/aromatic N) is 3. The molecule has 0 amide bonds. The molecule has 0 atom stereocenters. The second-order valence-electron chi connectivity index (χ2n) is 2.68. The second-order valence-corrected chi connectivity index (χ2v) is 2.68. The second kappa shape index (κ2) is 8.68. The van der Waals surface area contributed by atoms with Crippen LogP contribution in [-0.4, -0.2) is 32.1 Å². The minimum Gasteiger partial charge on any atom is -0.309 e. The Kier molecular flexibility index (Phi) is 10.2. The molecule has 0 saturated carbocycles. The summed E-state index contributed by atoms with van der Waals surface area (Å²) in [6, 6.07) is 0. The van der Waals surface area contributed by atoms with Gasteiger partial charge < -0.3 is 4.90 Å². The lowest BCUT2D eigenvalue weighted by atomic mass is 10.3. The molecular formula is C8H18ClN3.